The number of carbonyl (C=O) groups is 1. The smallest absolute Gasteiger partial charge is 0.255 e. The fraction of sp³-hybridized carbons (Fsp3) is 0.200. The van der Waals surface area contributed by atoms with Gasteiger partial charge >= 0.3 is 0 Å². The molecule has 0 saturated carbocycles. The number of nitrogens with one attached hydrogen (secondary N) is 1. The van der Waals surface area contributed by atoms with E-state index in [1.807, 2.05) is 12.1 Å². The molecule has 0 saturated heterocycles. The lowest BCUT2D eigenvalue weighted by Gasteiger charge is -2.18. The van der Waals surface area contributed by atoms with Gasteiger partial charge < -0.3 is 10.4 Å². The molecule has 1 aliphatic rings. The van der Waals surface area contributed by atoms with Crippen LogP contribution < -0.4 is 5.32 Å². The second-order valence-corrected chi connectivity index (χ2v) is 4.88. The number of nitrogens with zero attached hydrogens (tertiary/aromatic N) is 1. The monoisotopic (exact) mass is 290 g/mol. The molecule has 0 bridgehead atoms. The molecule has 6 heteroatoms. The minimum atomic E-state index is -1.32. The van der Waals surface area contributed by atoms with Gasteiger partial charge in [0.1, 0.15) is 0 Å². The van der Waals surface area contributed by atoms with Crippen LogP contribution in [0, 0.1) is 11.8 Å². The maximum atomic E-state index is 13.6. The SMILES string of the molecule is O=C(N[C@H]1c2ccccc2C[C@H]1O)c1ccnc(F)c1F. The van der Waals surface area contributed by atoms with Crippen molar-refractivity contribution >= 4 is 5.91 Å². The zero-order valence-corrected chi connectivity index (χ0v) is 10.9. The number of benzene rings is 1. The molecule has 1 amide bonds. The van der Waals surface area contributed by atoms with Crippen LogP contribution in [0.3, 0.4) is 0 Å². The summed E-state index contributed by atoms with van der Waals surface area (Å²) >= 11 is 0. The molecule has 4 nitrogen and oxygen atoms in total. The van der Waals surface area contributed by atoms with Crippen LogP contribution >= 0.6 is 0 Å². The summed E-state index contributed by atoms with van der Waals surface area (Å²) in [6.45, 7) is 0. The summed E-state index contributed by atoms with van der Waals surface area (Å²) in [5.74, 6) is -3.40. The lowest BCUT2D eigenvalue weighted by Crippen LogP contribution is -2.34. The first-order chi connectivity index (χ1) is 10.1. The van der Waals surface area contributed by atoms with Crippen molar-refractivity contribution in [3.05, 3.63) is 65.0 Å². The minimum Gasteiger partial charge on any atom is -0.390 e. The van der Waals surface area contributed by atoms with E-state index in [9.17, 15) is 18.7 Å². The Kier molecular flexibility index (Phi) is 3.39. The van der Waals surface area contributed by atoms with E-state index in [0.29, 0.717) is 6.42 Å². The number of rotatable bonds is 2. The van der Waals surface area contributed by atoms with E-state index in [1.54, 1.807) is 12.1 Å². The van der Waals surface area contributed by atoms with Gasteiger partial charge in [0.15, 0.2) is 5.82 Å². The number of fused-ring (bicyclic) bond motifs is 1. The summed E-state index contributed by atoms with van der Waals surface area (Å²) < 4.78 is 26.6. The summed E-state index contributed by atoms with van der Waals surface area (Å²) in [6, 6.07) is 7.75. The van der Waals surface area contributed by atoms with Crippen molar-refractivity contribution in [3.63, 3.8) is 0 Å². The van der Waals surface area contributed by atoms with Crippen molar-refractivity contribution in [1.82, 2.24) is 10.3 Å². The predicted octanol–water partition coefficient (Wildman–Crippen LogP) is 1.75. The van der Waals surface area contributed by atoms with Gasteiger partial charge in [-0.3, -0.25) is 4.79 Å². The third-order valence-corrected chi connectivity index (χ3v) is 3.58. The van der Waals surface area contributed by atoms with Crippen molar-refractivity contribution in [1.29, 1.82) is 0 Å². The van der Waals surface area contributed by atoms with Crippen LogP contribution in [0.4, 0.5) is 8.78 Å². The Hall–Kier alpha value is -2.34. The third-order valence-electron chi connectivity index (χ3n) is 3.58. The average Bonchev–Trinajstić information content (AvgIpc) is 2.78. The second kappa shape index (κ2) is 5.21. The molecule has 1 heterocycles. The topological polar surface area (TPSA) is 62.2 Å². The van der Waals surface area contributed by atoms with Crippen LogP contribution in [0.5, 0.6) is 0 Å². The number of halogens is 2. The molecule has 21 heavy (non-hydrogen) atoms. The number of amides is 1. The zero-order chi connectivity index (χ0) is 15.0. The van der Waals surface area contributed by atoms with Gasteiger partial charge in [0.25, 0.3) is 5.91 Å². The molecule has 0 aliphatic heterocycles. The van der Waals surface area contributed by atoms with Crippen molar-refractivity contribution in [2.75, 3.05) is 0 Å². The highest BCUT2D eigenvalue weighted by Crippen LogP contribution is 2.31. The van der Waals surface area contributed by atoms with Crippen LogP contribution in [-0.2, 0) is 6.42 Å². The summed E-state index contributed by atoms with van der Waals surface area (Å²) in [7, 11) is 0. The highest BCUT2D eigenvalue weighted by molar-refractivity contribution is 5.94. The van der Waals surface area contributed by atoms with E-state index in [4.69, 9.17) is 0 Å². The molecule has 0 spiro atoms. The molecule has 2 aromatic rings. The average molecular weight is 290 g/mol. The van der Waals surface area contributed by atoms with Gasteiger partial charge in [-0.25, -0.2) is 9.37 Å². The van der Waals surface area contributed by atoms with E-state index in [2.05, 4.69) is 10.3 Å². The highest BCUT2D eigenvalue weighted by Gasteiger charge is 2.32. The third kappa shape index (κ3) is 2.38. The number of aliphatic hydroxyl groups excluding tert-OH is 1. The largest absolute Gasteiger partial charge is 0.390 e. The maximum absolute atomic E-state index is 13.6. The molecule has 3 rings (SSSR count). The Bertz CT molecular complexity index is 706. The molecular weight excluding hydrogens is 278 g/mol. The lowest BCUT2D eigenvalue weighted by molar-refractivity contribution is 0.0853. The molecule has 0 radical (unpaired) electrons. The van der Waals surface area contributed by atoms with E-state index in [0.717, 1.165) is 23.4 Å². The number of hydrogen-bond donors (Lipinski definition) is 2. The van der Waals surface area contributed by atoms with Crippen molar-refractivity contribution < 1.29 is 18.7 Å². The first-order valence-electron chi connectivity index (χ1n) is 6.44. The zero-order valence-electron chi connectivity index (χ0n) is 10.9. The Morgan fingerprint density at radius 2 is 2.05 bits per heavy atom. The Morgan fingerprint density at radius 1 is 1.29 bits per heavy atom. The Morgan fingerprint density at radius 3 is 2.86 bits per heavy atom. The van der Waals surface area contributed by atoms with Gasteiger partial charge in [-0.1, -0.05) is 24.3 Å². The van der Waals surface area contributed by atoms with Crippen LogP contribution in [0.25, 0.3) is 0 Å². The van der Waals surface area contributed by atoms with Gasteiger partial charge in [0, 0.05) is 12.6 Å². The number of hydrogen-bond acceptors (Lipinski definition) is 3. The summed E-state index contributed by atoms with van der Waals surface area (Å²) in [5, 5.41) is 12.6. The van der Waals surface area contributed by atoms with E-state index in [-0.39, 0.29) is 0 Å². The standard InChI is InChI=1S/C15H12F2N2O2/c16-12-10(5-6-18-14(12)17)15(21)19-13-9-4-2-1-3-8(9)7-11(13)20/h1-6,11,13,20H,7H2,(H,19,21)/t11-,13+/m1/s1. The fourth-order valence-corrected chi connectivity index (χ4v) is 2.56. The van der Waals surface area contributed by atoms with Crippen LogP contribution in [-0.4, -0.2) is 22.1 Å². The number of aliphatic hydroxyl groups is 1. The number of aromatic nitrogens is 1. The minimum absolute atomic E-state index is 0.411. The first kappa shape index (κ1) is 13.6. The molecular formula is C15H12F2N2O2. The van der Waals surface area contributed by atoms with Gasteiger partial charge in [-0.15, -0.1) is 0 Å². The van der Waals surface area contributed by atoms with Gasteiger partial charge in [-0.2, -0.15) is 4.39 Å². The maximum Gasteiger partial charge on any atom is 0.255 e. The molecule has 1 aliphatic carbocycles. The molecule has 0 fully saturated rings. The van der Waals surface area contributed by atoms with Crippen molar-refractivity contribution in [2.45, 2.75) is 18.6 Å². The van der Waals surface area contributed by atoms with Crippen molar-refractivity contribution in [2.24, 2.45) is 0 Å². The fourth-order valence-electron chi connectivity index (χ4n) is 2.56. The van der Waals surface area contributed by atoms with Crippen LogP contribution in [0.2, 0.25) is 0 Å². The van der Waals surface area contributed by atoms with Gasteiger partial charge in [0.05, 0.1) is 17.7 Å². The summed E-state index contributed by atoms with van der Waals surface area (Å²) in [6.07, 6.45) is 0.641. The predicted molar refractivity (Wildman–Crippen MR) is 70.5 cm³/mol. The quantitative estimate of drug-likeness (QED) is 0.828. The molecule has 0 unspecified atom stereocenters. The first-order valence-corrected chi connectivity index (χ1v) is 6.44. The van der Waals surface area contributed by atoms with Gasteiger partial charge in [-0.05, 0) is 17.2 Å². The van der Waals surface area contributed by atoms with E-state index < -0.39 is 35.4 Å². The Labute approximate surface area is 119 Å². The molecule has 1 aromatic heterocycles. The lowest BCUT2D eigenvalue weighted by atomic mass is 10.1. The summed E-state index contributed by atoms with van der Waals surface area (Å²) in [5.41, 5.74) is 1.28. The van der Waals surface area contributed by atoms with E-state index in [1.165, 1.54) is 0 Å². The highest BCUT2D eigenvalue weighted by atomic mass is 19.2. The van der Waals surface area contributed by atoms with Gasteiger partial charge in [0.2, 0.25) is 5.95 Å². The van der Waals surface area contributed by atoms with E-state index >= 15 is 0 Å². The Balaban J connectivity index is 1.87. The molecule has 2 atom stereocenters. The number of carbonyl (C=O) groups excluding carboxylic acids is 1. The van der Waals surface area contributed by atoms with Crippen LogP contribution in [0.1, 0.15) is 27.5 Å². The molecule has 108 valence electrons. The second-order valence-electron chi connectivity index (χ2n) is 4.88. The summed E-state index contributed by atoms with van der Waals surface area (Å²) in [4.78, 5) is 15.2. The molecule has 1 aromatic carbocycles. The van der Waals surface area contributed by atoms with Crippen molar-refractivity contribution in [3.8, 4) is 0 Å². The number of pyridine rings is 1. The van der Waals surface area contributed by atoms with Crippen LogP contribution in [0.15, 0.2) is 36.5 Å². The normalized spacial score (nSPS) is 20.1. The molecule has 2 N–H and O–H groups in total.